The van der Waals surface area contributed by atoms with Crippen molar-refractivity contribution in [2.24, 2.45) is 0 Å². The first-order chi connectivity index (χ1) is 19.3. The molecule has 1 aromatic carbocycles. The van der Waals surface area contributed by atoms with Crippen LogP contribution in [0.3, 0.4) is 0 Å². The maximum absolute atomic E-state index is 13.1. The summed E-state index contributed by atoms with van der Waals surface area (Å²) in [5.41, 5.74) is 2.08. The quantitative estimate of drug-likeness (QED) is 0.428. The highest BCUT2D eigenvalue weighted by Crippen LogP contribution is 2.28. The van der Waals surface area contributed by atoms with E-state index in [4.69, 9.17) is 14.2 Å². The Balaban J connectivity index is 1.31. The van der Waals surface area contributed by atoms with Crippen LogP contribution in [0.1, 0.15) is 28.8 Å². The second-order valence-corrected chi connectivity index (χ2v) is 12.3. The molecule has 40 heavy (non-hydrogen) atoms. The van der Waals surface area contributed by atoms with Crippen molar-refractivity contribution in [3.8, 4) is 29.0 Å². The van der Waals surface area contributed by atoms with E-state index in [1.165, 1.54) is 7.11 Å². The molecule has 0 unspecified atom stereocenters. The number of hydrogen-bond acceptors (Lipinski definition) is 10. The summed E-state index contributed by atoms with van der Waals surface area (Å²) in [6, 6.07) is 12.6. The van der Waals surface area contributed by atoms with Crippen molar-refractivity contribution in [1.82, 2.24) is 19.9 Å². The SMILES string of the molecule is C=S1(=O)CCN(C(=O)c2ccc(Nc3nccc(-c4ccc(OC5CCOCC5)c(C#N)c4)n3)nc2OC)CC1. The van der Waals surface area contributed by atoms with Gasteiger partial charge in [-0.05, 0) is 51.8 Å². The number of benzene rings is 1. The molecule has 11 nitrogen and oxygen atoms in total. The number of hydrogen-bond donors (Lipinski definition) is 1. The third kappa shape index (κ3) is 6.32. The van der Waals surface area contributed by atoms with Gasteiger partial charge >= 0.3 is 0 Å². The molecule has 0 aliphatic carbocycles. The minimum absolute atomic E-state index is 0.0273. The molecule has 4 heterocycles. The molecule has 2 fully saturated rings. The molecule has 3 aromatic rings. The lowest BCUT2D eigenvalue weighted by atomic mass is 10.1. The molecule has 5 rings (SSSR count). The van der Waals surface area contributed by atoms with Gasteiger partial charge in [-0.3, -0.25) is 9.00 Å². The van der Waals surface area contributed by atoms with Gasteiger partial charge in [-0.25, -0.2) is 9.97 Å². The lowest BCUT2D eigenvalue weighted by Gasteiger charge is -2.29. The van der Waals surface area contributed by atoms with E-state index in [0.717, 1.165) is 18.4 Å². The van der Waals surface area contributed by atoms with Crippen molar-refractivity contribution < 1.29 is 23.2 Å². The molecule has 2 aromatic heterocycles. The molecule has 2 saturated heterocycles. The fourth-order valence-electron chi connectivity index (χ4n) is 4.52. The number of anilines is 2. The summed E-state index contributed by atoms with van der Waals surface area (Å²) in [4.78, 5) is 28.0. The molecule has 12 heteroatoms. The van der Waals surface area contributed by atoms with Crippen LogP contribution in [0.2, 0.25) is 0 Å². The maximum Gasteiger partial charge on any atom is 0.259 e. The Morgan fingerprint density at radius 1 is 1.18 bits per heavy atom. The number of rotatable bonds is 7. The van der Waals surface area contributed by atoms with Crippen LogP contribution in [0, 0.1) is 11.3 Å². The van der Waals surface area contributed by atoms with Gasteiger partial charge in [-0.1, -0.05) is 0 Å². The normalized spacial score (nSPS) is 17.1. The Bertz CT molecular complexity index is 1530. The van der Waals surface area contributed by atoms with Crippen LogP contribution in [0.25, 0.3) is 11.3 Å². The summed E-state index contributed by atoms with van der Waals surface area (Å²) in [6.07, 6.45) is 3.22. The molecular weight excluding hydrogens is 532 g/mol. The van der Waals surface area contributed by atoms with Crippen molar-refractivity contribution >= 4 is 33.1 Å². The van der Waals surface area contributed by atoms with Crippen LogP contribution in [0.4, 0.5) is 11.8 Å². The van der Waals surface area contributed by atoms with E-state index in [0.29, 0.717) is 66.2 Å². The topological polar surface area (TPSA) is 140 Å². The van der Waals surface area contributed by atoms with Crippen molar-refractivity contribution in [2.75, 3.05) is 50.2 Å². The molecule has 0 saturated carbocycles. The van der Waals surface area contributed by atoms with Crippen LogP contribution >= 0.6 is 0 Å². The van der Waals surface area contributed by atoms with Crippen molar-refractivity contribution in [1.29, 1.82) is 5.26 Å². The lowest BCUT2D eigenvalue weighted by molar-refractivity contribution is 0.0254. The van der Waals surface area contributed by atoms with Gasteiger partial charge in [0.1, 0.15) is 29.3 Å². The van der Waals surface area contributed by atoms with Crippen molar-refractivity contribution in [2.45, 2.75) is 18.9 Å². The molecule has 1 N–H and O–H groups in total. The molecule has 1 amide bonds. The van der Waals surface area contributed by atoms with E-state index >= 15 is 0 Å². The van der Waals surface area contributed by atoms with Gasteiger partial charge in [0.15, 0.2) is 0 Å². The highest BCUT2D eigenvalue weighted by molar-refractivity contribution is 8.00. The van der Waals surface area contributed by atoms with E-state index in [2.05, 4.69) is 32.2 Å². The Kier molecular flexibility index (Phi) is 8.14. The summed E-state index contributed by atoms with van der Waals surface area (Å²) in [5, 5.41) is 12.8. The first kappa shape index (κ1) is 27.4. The predicted octanol–water partition coefficient (Wildman–Crippen LogP) is 2.89. The van der Waals surface area contributed by atoms with E-state index in [-0.39, 0.29) is 23.8 Å². The smallest absolute Gasteiger partial charge is 0.259 e. The standard InChI is InChI=1S/C28H30N6O5S/c1-37-26-22(27(35)34-11-15-40(2,36)16-12-34)4-6-25(32-26)33-28-30-10-7-23(31-28)19-3-5-24(20(17-19)18-29)39-21-8-13-38-14-9-21/h3-7,10,17,21H,2,8-9,11-16H2,1H3,(H,30,31,32,33). The molecule has 2 aliphatic rings. The average molecular weight is 563 g/mol. The number of aromatic nitrogens is 3. The molecule has 208 valence electrons. The van der Waals surface area contributed by atoms with E-state index in [1.54, 1.807) is 41.4 Å². The van der Waals surface area contributed by atoms with Crippen molar-refractivity contribution in [3.63, 3.8) is 0 Å². The number of nitrogens with one attached hydrogen (secondary N) is 1. The number of ether oxygens (including phenoxy) is 3. The van der Waals surface area contributed by atoms with Gasteiger partial charge in [0, 0.05) is 49.2 Å². The monoisotopic (exact) mass is 562 g/mol. The zero-order valence-electron chi connectivity index (χ0n) is 22.2. The zero-order valence-corrected chi connectivity index (χ0v) is 23.0. The maximum atomic E-state index is 13.1. The second-order valence-electron chi connectivity index (χ2n) is 9.56. The first-order valence-corrected chi connectivity index (χ1v) is 15.0. The number of carbonyl (C=O) groups excluding carboxylic acids is 1. The van der Waals surface area contributed by atoms with Gasteiger partial charge in [0.25, 0.3) is 5.91 Å². The van der Waals surface area contributed by atoms with Crippen LogP contribution in [0.15, 0.2) is 42.6 Å². The summed E-state index contributed by atoms with van der Waals surface area (Å²) < 4.78 is 29.0. The fourth-order valence-corrected chi connectivity index (χ4v) is 5.83. The predicted molar refractivity (Wildman–Crippen MR) is 152 cm³/mol. The third-order valence-electron chi connectivity index (χ3n) is 6.79. The number of amides is 1. The summed E-state index contributed by atoms with van der Waals surface area (Å²) in [6.45, 7) is 2.06. The summed E-state index contributed by atoms with van der Waals surface area (Å²) in [5.74, 6) is 5.65. The van der Waals surface area contributed by atoms with Crippen LogP contribution in [0.5, 0.6) is 11.6 Å². The highest BCUT2D eigenvalue weighted by atomic mass is 32.2. The summed E-state index contributed by atoms with van der Waals surface area (Å²) >= 11 is 0. The van der Waals surface area contributed by atoms with Crippen LogP contribution in [-0.2, 0) is 14.3 Å². The fraction of sp³-hybridized carbons (Fsp3) is 0.357. The Hall–Kier alpha value is -4.21. The summed E-state index contributed by atoms with van der Waals surface area (Å²) in [7, 11) is -0.670. The minimum Gasteiger partial charge on any atom is -0.489 e. The van der Waals surface area contributed by atoms with Gasteiger partial charge in [-0.2, -0.15) is 10.2 Å². The average Bonchev–Trinajstić information content (AvgIpc) is 2.97. The lowest BCUT2D eigenvalue weighted by Crippen LogP contribution is -2.43. The third-order valence-corrected chi connectivity index (χ3v) is 8.64. The number of methoxy groups -OCH3 is 1. The molecule has 0 radical (unpaired) electrons. The van der Waals surface area contributed by atoms with Gasteiger partial charge < -0.3 is 24.4 Å². The number of pyridine rings is 1. The molecule has 0 atom stereocenters. The van der Waals surface area contributed by atoms with Gasteiger partial charge in [0.2, 0.25) is 11.8 Å². The van der Waals surface area contributed by atoms with E-state index < -0.39 is 9.52 Å². The number of nitrogens with zero attached hydrogens (tertiary/aromatic N) is 5. The minimum atomic E-state index is -2.12. The van der Waals surface area contributed by atoms with Crippen LogP contribution in [-0.4, -0.2) is 86.9 Å². The Morgan fingerprint density at radius 3 is 2.67 bits per heavy atom. The molecule has 2 aliphatic heterocycles. The first-order valence-electron chi connectivity index (χ1n) is 12.9. The zero-order chi connectivity index (χ0) is 28.1. The molecule has 0 bridgehead atoms. The Morgan fingerprint density at radius 2 is 1.95 bits per heavy atom. The second kappa shape index (κ2) is 11.9. The highest BCUT2D eigenvalue weighted by Gasteiger charge is 2.26. The number of nitriles is 1. The van der Waals surface area contributed by atoms with E-state index in [1.807, 2.05) is 6.07 Å². The van der Waals surface area contributed by atoms with E-state index in [9.17, 15) is 14.3 Å². The number of carbonyl (C=O) groups is 1. The van der Waals surface area contributed by atoms with Gasteiger partial charge in [-0.15, -0.1) is 0 Å². The van der Waals surface area contributed by atoms with Crippen molar-refractivity contribution in [3.05, 3.63) is 53.7 Å². The van der Waals surface area contributed by atoms with Crippen LogP contribution < -0.4 is 14.8 Å². The van der Waals surface area contributed by atoms with Gasteiger partial charge in [0.05, 0.1) is 31.6 Å². The Labute approximate surface area is 233 Å². The molecule has 0 spiro atoms. The largest absolute Gasteiger partial charge is 0.489 e. The molecular formula is C28H30N6O5S.